The number of rotatable bonds is 6. The number of hydrogen-bond donors (Lipinski definition) is 2. The Labute approximate surface area is 164 Å². The molecule has 28 heavy (non-hydrogen) atoms. The maximum atomic E-state index is 12.0. The van der Waals surface area contributed by atoms with E-state index in [4.69, 9.17) is 4.74 Å². The largest absolute Gasteiger partial charge is 0.444 e. The number of aryl methyl sites for hydroxylation is 1. The summed E-state index contributed by atoms with van der Waals surface area (Å²) in [6, 6.07) is 4.99. The molecule has 2 rings (SSSR count). The number of nitrogens with zero attached hydrogens (tertiary/aromatic N) is 1. The molecule has 1 aliphatic heterocycles. The van der Waals surface area contributed by atoms with Gasteiger partial charge in [0.1, 0.15) is 11.6 Å². The van der Waals surface area contributed by atoms with Crippen LogP contribution >= 0.6 is 0 Å². The van der Waals surface area contributed by atoms with Gasteiger partial charge in [-0.25, -0.2) is 4.79 Å². The Morgan fingerprint density at radius 1 is 1.36 bits per heavy atom. The molecule has 0 aliphatic carbocycles. The van der Waals surface area contributed by atoms with Crippen LogP contribution in [-0.4, -0.2) is 40.9 Å². The summed E-state index contributed by atoms with van der Waals surface area (Å²) in [5, 5.41) is 4.97. The molecule has 1 heterocycles. The zero-order valence-corrected chi connectivity index (χ0v) is 16.7. The minimum Gasteiger partial charge on any atom is -0.444 e. The number of carbonyl (C=O) groups excluding carboxylic acids is 4. The van der Waals surface area contributed by atoms with Crippen molar-refractivity contribution in [3.05, 3.63) is 34.9 Å². The van der Waals surface area contributed by atoms with E-state index in [1.165, 1.54) is 4.90 Å². The van der Waals surface area contributed by atoms with Gasteiger partial charge in [0, 0.05) is 19.5 Å². The molecular formula is C20H27N3O5. The van der Waals surface area contributed by atoms with Gasteiger partial charge in [0.2, 0.25) is 18.2 Å². The van der Waals surface area contributed by atoms with Crippen LogP contribution in [0, 0.1) is 6.92 Å². The molecule has 1 aromatic rings. The number of imide groups is 1. The molecule has 1 saturated heterocycles. The minimum atomic E-state index is -0.650. The number of ether oxygens (including phenoxy) is 1. The van der Waals surface area contributed by atoms with Crippen molar-refractivity contribution in [2.24, 2.45) is 0 Å². The summed E-state index contributed by atoms with van der Waals surface area (Å²) >= 11 is 0. The van der Waals surface area contributed by atoms with Gasteiger partial charge in [-0.05, 0) is 50.8 Å². The molecule has 1 atom stereocenters. The molecule has 0 radical (unpaired) electrons. The minimum absolute atomic E-state index is 0.217. The van der Waals surface area contributed by atoms with Crippen LogP contribution < -0.4 is 10.6 Å². The first kappa shape index (κ1) is 21.4. The number of amides is 4. The number of alkyl carbamates (subject to hydrolysis) is 1. The lowest BCUT2D eigenvalue weighted by Crippen LogP contribution is -2.51. The zero-order valence-electron chi connectivity index (χ0n) is 16.7. The summed E-state index contributed by atoms with van der Waals surface area (Å²) in [7, 11) is 0. The zero-order chi connectivity index (χ0) is 20.9. The van der Waals surface area contributed by atoms with Gasteiger partial charge in [-0.15, -0.1) is 0 Å². The summed E-state index contributed by atoms with van der Waals surface area (Å²) in [6.07, 6.45) is 0.687. The summed E-state index contributed by atoms with van der Waals surface area (Å²) in [4.78, 5) is 48.0. The van der Waals surface area contributed by atoms with E-state index in [0.29, 0.717) is 19.4 Å². The molecule has 8 nitrogen and oxygen atoms in total. The van der Waals surface area contributed by atoms with Gasteiger partial charge < -0.3 is 15.0 Å². The normalized spacial score (nSPS) is 16.9. The second kappa shape index (κ2) is 8.86. The van der Waals surface area contributed by atoms with Crippen LogP contribution in [0.3, 0.4) is 0 Å². The monoisotopic (exact) mass is 389 g/mol. The highest BCUT2D eigenvalue weighted by molar-refractivity contribution is 6.00. The fraction of sp³-hybridized carbons (Fsp3) is 0.500. The van der Waals surface area contributed by atoms with Crippen LogP contribution in [0.4, 0.5) is 4.79 Å². The molecule has 1 aliphatic rings. The van der Waals surface area contributed by atoms with E-state index < -0.39 is 23.6 Å². The van der Waals surface area contributed by atoms with E-state index in [9.17, 15) is 19.2 Å². The Bertz CT molecular complexity index is 770. The summed E-state index contributed by atoms with van der Waals surface area (Å²) in [6.45, 7) is 7.88. The number of carbonyl (C=O) groups is 4. The lowest BCUT2D eigenvalue weighted by atomic mass is 10.0. The van der Waals surface area contributed by atoms with Gasteiger partial charge in [0.15, 0.2) is 0 Å². The molecule has 0 saturated carbocycles. The fourth-order valence-corrected chi connectivity index (χ4v) is 2.95. The molecule has 0 spiro atoms. The van der Waals surface area contributed by atoms with Gasteiger partial charge in [-0.3, -0.25) is 19.7 Å². The Hall–Kier alpha value is -2.90. The molecule has 1 aromatic carbocycles. The smallest absolute Gasteiger partial charge is 0.407 e. The first-order valence-corrected chi connectivity index (χ1v) is 9.19. The lowest BCUT2D eigenvalue weighted by molar-refractivity contribution is -0.141. The topological polar surface area (TPSA) is 105 Å². The third kappa shape index (κ3) is 6.07. The highest BCUT2D eigenvalue weighted by Gasteiger charge is 2.31. The molecule has 8 heteroatoms. The van der Waals surface area contributed by atoms with Crippen LogP contribution in [0.2, 0.25) is 0 Å². The fourth-order valence-electron chi connectivity index (χ4n) is 2.95. The van der Waals surface area contributed by atoms with Crippen LogP contribution in [0.15, 0.2) is 18.2 Å². The third-order valence-corrected chi connectivity index (χ3v) is 4.34. The molecule has 152 valence electrons. The quantitative estimate of drug-likeness (QED) is 0.570. The Morgan fingerprint density at radius 2 is 2.07 bits per heavy atom. The molecule has 1 unspecified atom stereocenters. The van der Waals surface area contributed by atoms with E-state index in [2.05, 4.69) is 10.6 Å². The molecular weight excluding hydrogens is 362 g/mol. The Kier molecular flexibility index (Phi) is 6.77. The second-order valence-corrected chi connectivity index (χ2v) is 7.86. The van der Waals surface area contributed by atoms with Gasteiger partial charge in [0.25, 0.3) is 0 Å². The van der Waals surface area contributed by atoms with Crippen molar-refractivity contribution in [1.29, 1.82) is 0 Å². The van der Waals surface area contributed by atoms with E-state index in [0.717, 1.165) is 16.7 Å². The number of hydrogen-bond acceptors (Lipinski definition) is 5. The Morgan fingerprint density at radius 3 is 2.64 bits per heavy atom. The Balaban J connectivity index is 1.99. The average Bonchev–Trinajstić information content (AvgIpc) is 2.58. The summed E-state index contributed by atoms with van der Waals surface area (Å²) in [5.74, 6) is -0.760. The van der Waals surface area contributed by atoms with Crippen molar-refractivity contribution in [2.45, 2.75) is 65.3 Å². The standard InChI is InChI=1S/C20H27N3O5/c1-13-9-14(10-21-19(27)28-20(2,3)4)5-6-15(13)11-23(12-24)16-7-8-17(25)22-18(16)26/h5-6,9,12,16H,7-8,10-11H2,1-4H3,(H,21,27)(H,22,25,26). The lowest BCUT2D eigenvalue weighted by Gasteiger charge is -2.30. The van der Waals surface area contributed by atoms with E-state index in [1.807, 2.05) is 25.1 Å². The molecule has 4 amide bonds. The first-order valence-electron chi connectivity index (χ1n) is 9.19. The summed E-state index contributed by atoms with van der Waals surface area (Å²) < 4.78 is 5.21. The third-order valence-electron chi connectivity index (χ3n) is 4.34. The van der Waals surface area contributed by atoms with Gasteiger partial charge in [0.05, 0.1) is 0 Å². The van der Waals surface area contributed by atoms with Crippen LogP contribution in [0.1, 0.15) is 50.3 Å². The van der Waals surface area contributed by atoms with Crippen molar-refractivity contribution >= 4 is 24.3 Å². The molecule has 0 bridgehead atoms. The van der Waals surface area contributed by atoms with Crippen LogP contribution in [0.25, 0.3) is 0 Å². The SMILES string of the molecule is Cc1cc(CNC(=O)OC(C)(C)C)ccc1CN(C=O)C1CCC(=O)NC1=O. The van der Waals surface area contributed by atoms with Crippen molar-refractivity contribution < 1.29 is 23.9 Å². The maximum absolute atomic E-state index is 12.0. The van der Waals surface area contributed by atoms with E-state index in [1.54, 1.807) is 20.8 Å². The second-order valence-electron chi connectivity index (χ2n) is 7.86. The highest BCUT2D eigenvalue weighted by Crippen LogP contribution is 2.18. The van der Waals surface area contributed by atoms with Crippen molar-refractivity contribution in [2.75, 3.05) is 0 Å². The van der Waals surface area contributed by atoms with Gasteiger partial charge in [-0.1, -0.05) is 18.2 Å². The van der Waals surface area contributed by atoms with E-state index >= 15 is 0 Å². The molecule has 0 aromatic heterocycles. The van der Waals surface area contributed by atoms with E-state index in [-0.39, 0.29) is 18.9 Å². The predicted octanol–water partition coefficient (Wildman–Crippen LogP) is 1.78. The molecule has 1 fully saturated rings. The van der Waals surface area contributed by atoms with Crippen molar-refractivity contribution in [1.82, 2.24) is 15.5 Å². The maximum Gasteiger partial charge on any atom is 0.407 e. The predicted molar refractivity (Wildman–Crippen MR) is 102 cm³/mol. The number of benzene rings is 1. The van der Waals surface area contributed by atoms with Crippen LogP contribution in [0.5, 0.6) is 0 Å². The van der Waals surface area contributed by atoms with Gasteiger partial charge in [-0.2, -0.15) is 0 Å². The van der Waals surface area contributed by atoms with Crippen molar-refractivity contribution in [3.8, 4) is 0 Å². The van der Waals surface area contributed by atoms with Gasteiger partial charge >= 0.3 is 6.09 Å². The number of nitrogens with one attached hydrogen (secondary N) is 2. The average molecular weight is 389 g/mol. The highest BCUT2D eigenvalue weighted by atomic mass is 16.6. The van der Waals surface area contributed by atoms with Crippen molar-refractivity contribution in [3.63, 3.8) is 0 Å². The van der Waals surface area contributed by atoms with Crippen LogP contribution in [-0.2, 0) is 32.2 Å². The summed E-state index contributed by atoms with van der Waals surface area (Å²) in [5.41, 5.74) is 2.16. The first-order chi connectivity index (χ1) is 13.1. The number of piperidine rings is 1. The molecule has 2 N–H and O–H groups in total.